The second kappa shape index (κ2) is 9.42. The number of cyclic esters (lactones) is 1. The molecule has 4 rings (SSSR count). The number of nitrogens with zero attached hydrogens (tertiary/aromatic N) is 1. The van der Waals surface area contributed by atoms with E-state index >= 15 is 0 Å². The number of carbonyl (C=O) groups excluding carboxylic acids is 3. The van der Waals surface area contributed by atoms with Gasteiger partial charge in [-0.3, -0.25) is 14.5 Å². The molecule has 0 bridgehead atoms. The van der Waals surface area contributed by atoms with Crippen LogP contribution in [0.1, 0.15) is 50.3 Å². The van der Waals surface area contributed by atoms with Gasteiger partial charge in [0.1, 0.15) is 0 Å². The van der Waals surface area contributed by atoms with Crippen LogP contribution in [0.3, 0.4) is 0 Å². The van der Waals surface area contributed by atoms with Crippen molar-refractivity contribution in [1.82, 2.24) is 10.2 Å². The third-order valence-electron chi connectivity index (χ3n) is 5.57. The van der Waals surface area contributed by atoms with E-state index in [2.05, 4.69) is 10.6 Å². The van der Waals surface area contributed by atoms with Crippen molar-refractivity contribution in [2.75, 3.05) is 5.32 Å². The third-order valence-corrected chi connectivity index (χ3v) is 5.57. The molecule has 1 saturated carbocycles. The number of benzene rings is 2. The average molecular weight is 436 g/mol. The first-order valence-electron chi connectivity index (χ1n) is 11.1. The van der Waals surface area contributed by atoms with Crippen LogP contribution in [-0.2, 0) is 20.9 Å². The van der Waals surface area contributed by atoms with Crippen molar-refractivity contribution in [1.29, 1.82) is 0 Å². The lowest BCUT2D eigenvalue weighted by atomic mass is 10.00. The molecule has 1 saturated heterocycles. The summed E-state index contributed by atoms with van der Waals surface area (Å²) in [7, 11) is 0. The van der Waals surface area contributed by atoms with Crippen molar-refractivity contribution in [2.45, 2.75) is 57.8 Å². The van der Waals surface area contributed by atoms with Crippen molar-refractivity contribution in [2.24, 2.45) is 5.92 Å². The van der Waals surface area contributed by atoms with Crippen molar-refractivity contribution < 1.29 is 19.1 Å². The van der Waals surface area contributed by atoms with Gasteiger partial charge in [0.15, 0.2) is 12.1 Å². The molecule has 1 aliphatic heterocycles. The van der Waals surface area contributed by atoms with E-state index < -0.39 is 18.2 Å². The molecule has 2 atom stereocenters. The van der Waals surface area contributed by atoms with Gasteiger partial charge in [0.25, 0.3) is 0 Å². The van der Waals surface area contributed by atoms with Crippen LogP contribution in [-0.4, -0.2) is 34.9 Å². The summed E-state index contributed by atoms with van der Waals surface area (Å²) in [6, 6.07) is 16.1. The lowest BCUT2D eigenvalue weighted by molar-refractivity contribution is -0.126. The van der Waals surface area contributed by atoms with Crippen LogP contribution in [0.5, 0.6) is 0 Å². The van der Waals surface area contributed by atoms with Crippen molar-refractivity contribution >= 4 is 23.6 Å². The minimum atomic E-state index is -0.787. The summed E-state index contributed by atoms with van der Waals surface area (Å²) in [5, 5.41) is 5.91. The zero-order valence-corrected chi connectivity index (χ0v) is 18.4. The first-order chi connectivity index (χ1) is 15.4. The van der Waals surface area contributed by atoms with Gasteiger partial charge in [-0.2, -0.15) is 0 Å². The number of hydrogen-bond donors (Lipinski definition) is 2. The predicted octanol–water partition coefficient (Wildman–Crippen LogP) is 4.01. The Bertz CT molecular complexity index is 988. The van der Waals surface area contributed by atoms with Gasteiger partial charge in [0.2, 0.25) is 11.8 Å². The second-order valence-electron chi connectivity index (χ2n) is 8.92. The molecule has 168 valence electrons. The Morgan fingerprint density at radius 2 is 1.84 bits per heavy atom. The van der Waals surface area contributed by atoms with Crippen LogP contribution < -0.4 is 10.6 Å². The van der Waals surface area contributed by atoms with Crippen LogP contribution in [0.25, 0.3) is 0 Å². The summed E-state index contributed by atoms with van der Waals surface area (Å²) in [4.78, 5) is 39.7. The molecule has 0 radical (unpaired) electrons. The molecule has 0 spiro atoms. The van der Waals surface area contributed by atoms with E-state index in [1.54, 1.807) is 18.2 Å². The Balaban J connectivity index is 1.58. The maximum Gasteiger partial charge on any atom is 0.411 e. The van der Waals surface area contributed by atoms with Crippen LogP contribution in [0.2, 0.25) is 0 Å². The molecule has 2 unspecified atom stereocenters. The highest BCUT2D eigenvalue weighted by Crippen LogP contribution is 2.35. The number of anilines is 1. The molecule has 32 heavy (non-hydrogen) atoms. The normalized spacial score (nSPS) is 20.2. The second-order valence-corrected chi connectivity index (χ2v) is 8.92. The standard InChI is InChI=1S/C25H29N3O4/c1-16(2)13-21(29)26-20-10-6-9-18(14-20)23-22(24(30)27-19-11-12-19)28(25(31)32-23)15-17-7-4-3-5-8-17/h3-10,14,16,19,22-23H,11-13,15H2,1-2H3,(H,26,29)(H,27,30). The van der Waals surface area contributed by atoms with Gasteiger partial charge in [-0.15, -0.1) is 0 Å². The van der Waals surface area contributed by atoms with Crippen LogP contribution in [0.15, 0.2) is 54.6 Å². The zero-order chi connectivity index (χ0) is 22.7. The highest BCUT2D eigenvalue weighted by atomic mass is 16.6. The van der Waals surface area contributed by atoms with Crippen LogP contribution >= 0.6 is 0 Å². The largest absolute Gasteiger partial charge is 0.438 e. The molecule has 1 aliphatic carbocycles. The topological polar surface area (TPSA) is 87.7 Å². The number of rotatable bonds is 8. The molecule has 2 N–H and O–H groups in total. The fourth-order valence-electron chi connectivity index (χ4n) is 3.88. The summed E-state index contributed by atoms with van der Waals surface area (Å²) in [5.74, 6) is -0.0427. The highest BCUT2D eigenvalue weighted by Gasteiger charge is 2.47. The van der Waals surface area contributed by atoms with E-state index in [1.165, 1.54) is 4.90 Å². The molecular weight excluding hydrogens is 406 g/mol. The molecule has 2 aromatic carbocycles. The lowest BCUT2D eigenvalue weighted by Gasteiger charge is -2.24. The molecule has 2 aliphatic rings. The molecule has 2 aromatic rings. The predicted molar refractivity (Wildman–Crippen MR) is 121 cm³/mol. The summed E-state index contributed by atoms with van der Waals surface area (Å²) in [5.41, 5.74) is 2.21. The fraction of sp³-hybridized carbons (Fsp3) is 0.400. The first-order valence-corrected chi connectivity index (χ1v) is 11.1. The van der Waals surface area contributed by atoms with E-state index in [0.29, 0.717) is 17.7 Å². The van der Waals surface area contributed by atoms with Gasteiger partial charge >= 0.3 is 6.09 Å². The summed E-state index contributed by atoms with van der Waals surface area (Å²) in [6.07, 6.45) is 1.04. The molecule has 0 aromatic heterocycles. The van der Waals surface area contributed by atoms with Gasteiger partial charge in [0, 0.05) is 18.2 Å². The van der Waals surface area contributed by atoms with Gasteiger partial charge < -0.3 is 15.4 Å². The molecule has 1 heterocycles. The van der Waals surface area contributed by atoms with Gasteiger partial charge in [0.05, 0.1) is 6.54 Å². The quantitative estimate of drug-likeness (QED) is 0.656. The Labute approximate surface area is 188 Å². The Kier molecular flexibility index (Phi) is 6.44. The number of hydrogen-bond acceptors (Lipinski definition) is 4. The van der Waals surface area contributed by atoms with E-state index in [-0.39, 0.29) is 30.3 Å². The van der Waals surface area contributed by atoms with Crippen LogP contribution in [0.4, 0.5) is 10.5 Å². The average Bonchev–Trinajstić information content (AvgIpc) is 3.50. The Morgan fingerprint density at radius 1 is 1.09 bits per heavy atom. The fourth-order valence-corrected chi connectivity index (χ4v) is 3.88. The monoisotopic (exact) mass is 435 g/mol. The maximum atomic E-state index is 13.2. The molecular formula is C25H29N3O4. The number of ether oxygens (including phenoxy) is 1. The van der Waals surface area contributed by atoms with Crippen molar-refractivity contribution in [3.05, 3.63) is 65.7 Å². The number of nitrogens with one attached hydrogen (secondary N) is 2. The minimum Gasteiger partial charge on any atom is -0.438 e. The molecule has 2 fully saturated rings. The van der Waals surface area contributed by atoms with E-state index in [4.69, 9.17) is 4.74 Å². The van der Waals surface area contributed by atoms with Crippen molar-refractivity contribution in [3.63, 3.8) is 0 Å². The lowest BCUT2D eigenvalue weighted by Crippen LogP contribution is -2.46. The summed E-state index contributed by atoms with van der Waals surface area (Å²) < 4.78 is 5.71. The summed E-state index contributed by atoms with van der Waals surface area (Å²) in [6.45, 7) is 4.25. The van der Waals surface area contributed by atoms with E-state index in [1.807, 2.05) is 50.2 Å². The Hall–Kier alpha value is -3.35. The highest BCUT2D eigenvalue weighted by molar-refractivity contribution is 5.91. The minimum absolute atomic E-state index is 0.0747. The zero-order valence-electron chi connectivity index (χ0n) is 18.4. The molecule has 7 heteroatoms. The van der Waals surface area contributed by atoms with Gasteiger partial charge in [-0.25, -0.2) is 4.79 Å². The SMILES string of the molecule is CC(C)CC(=O)Nc1cccc(C2OC(=O)N(Cc3ccccc3)C2C(=O)NC2CC2)c1. The van der Waals surface area contributed by atoms with Crippen molar-refractivity contribution in [3.8, 4) is 0 Å². The van der Waals surface area contributed by atoms with Gasteiger partial charge in [-0.1, -0.05) is 56.3 Å². The molecule has 3 amide bonds. The third kappa shape index (κ3) is 5.28. The van der Waals surface area contributed by atoms with Gasteiger partial charge in [-0.05, 0) is 42.0 Å². The van der Waals surface area contributed by atoms with E-state index in [0.717, 1.165) is 18.4 Å². The number of amides is 3. The van der Waals surface area contributed by atoms with Crippen LogP contribution in [0, 0.1) is 5.92 Å². The molecule has 7 nitrogen and oxygen atoms in total. The first kappa shape index (κ1) is 21.9. The van der Waals surface area contributed by atoms with E-state index in [9.17, 15) is 14.4 Å². The smallest absolute Gasteiger partial charge is 0.411 e. The number of carbonyl (C=O) groups is 3. The maximum absolute atomic E-state index is 13.2. The summed E-state index contributed by atoms with van der Waals surface area (Å²) >= 11 is 0. The Morgan fingerprint density at radius 3 is 2.53 bits per heavy atom.